The lowest BCUT2D eigenvalue weighted by Crippen LogP contribution is -2.35. The molecule has 1 aromatic carbocycles. The Labute approximate surface area is 124 Å². The molecule has 1 amide bonds. The van der Waals surface area contributed by atoms with E-state index < -0.39 is 9.84 Å². The lowest BCUT2D eigenvalue weighted by molar-refractivity contribution is 0.0941. The van der Waals surface area contributed by atoms with Crippen molar-refractivity contribution in [1.29, 1.82) is 0 Å². The van der Waals surface area contributed by atoms with Gasteiger partial charge in [-0.15, -0.1) is 0 Å². The van der Waals surface area contributed by atoms with Gasteiger partial charge < -0.3 is 11.1 Å². The van der Waals surface area contributed by atoms with E-state index in [1.807, 2.05) is 13.0 Å². The minimum Gasteiger partial charge on any atom is -0.348 e. The van der Waals surface area contributed by atoms with Gasteiger partial charge in [-0.2, -0.15) is 0 Å². The van der Waals surface area contributed by atoms with Crippen LogP contribution in [0.2, 0.25) is 0 Å². The zero-order valence-corrected chi connectivity index (χ0v) is 12.7. The summed E-state index contributed by atoms with van der Waals surface area (Å²) in [5.41, 5.74) is 7.55. The number of hydrogen-bond acceptors (Lipinski definition) is 4. The van der Waals surface area contributed by atoms with Gasteiger partial charge in [0.05, 0.1) is 18.1 Å². The van der Waals surface area contributed by atoms with Gasteiger partial charge in [-0.05, 0) is 31.0 Å². The zero-order chi connectivity index (χ0) is 15.5. The number of aryl methyl sites for hydroxylation is 1. The average Bonchev–Trinajstić information content (AvgIpc) is 2.77. The number of hydrogen-bond donors (Lipinski definition) is 2. The number of nitrogens with one attached hydrogen (secondary N) is 1. The van der Waals surface area contributed by atoms with Gasteiger partial charge in [-0.3, -0.25) is 4.79 Å². The second kappa shape index (κ2) is 6.29. The summed E-state index contributed by atoms with van der Waals surface area (Å²) in [4.78, 5) is 12.2. The van der Waals surface area contributed by atoms with Crippen LogP contribution in [0.4, 0.5) is 0 Å². The molecule has 0 aromatic heterocycles. The van der Waals surface area contributed by atoms with E-state index in [2.05, 4.69) is 17.2 Å². The summed E-state index contributed by atoms with van der Waals surface area (Å²) in [6.07, 6.45) is 0.472. The van der Waals surface area contributed by atoms with Crippen LogP contribution in [0.5, 0.6) is 0 Å². The van der Waals surface area contributed by atoms with Crippen LogP contribution in [0.3, 0.4) is 0 Å². The Balaban J connectivity index is 2.13. The fourth-order valence-electron chi connectivity index (χ4n) is 2.22. The maximum Gasteiger partial charge on any atom is 0.251 e. The van der Waals surface area contributed by atoms with Gasteiger partial charge in [0.15, 0.2) is 9.84 Å². The van der Waals surface area contributed by atoms with Crippen molar-refractivity contribution in [3.63, 3.8) is 0 Å². The summed E-state index contributed by atoms with van der Waals surface area (Å²) < 4.78 is 22.8. The SMILES string of the molecule is Cc1ccc(C(=O)NC2CCS(=O)(=O)C2)cc1C#CCN. The number of sulfone groups is 1. The summed E-state index contributed by atoms with van der Waals surface area (Å²) >= 11 is 0. The lowest BCUT2D eigenvalue weighted by atomic mass is 10.0. The molecule has 1 aromatic rings. The van der Waals surface area contributed by atoms with Crippen LogP contribution < -0.4 is 11.1 Å². The largest absolute Gasteiger partial charge is 0.348 e. The quantitative estimate of drug-likeness (QED) is 0.765. The summed E-state index contributed by atoms with van der Waals surface area (Å²) in [5.74, 6) is 5.57. The molecule has 1 fully saturated rings. The van der Waals surface area contributed by atoms with Crippen molar-refractivity contribution in [2.45, 2.75) is 19.4 Å². The third kappa shape index (κ3) is 4.06. The Morgan fingerprint density at radius 1 is 1.48 bits per heavy atom. The molecule has 0 spiro atoms. The number of rotatable bonds is 2. The number of amides is 1. The first-order chi connectivity index (χ1) is 9.91. The molecule has 1 heterocycles. The van der Waals surface area contributed by atoms with Crippen molar-refractivity contribution in [1.82, 2.24) is 5.32 Å². The summed E-state index contributed by atoms with van der Waals surface area (Å²) in [7, 11) is -3.00. The van der Waals surface area contributed by atoms with E-state index in [1.54, 1.807) is 12.1 Å². The van der Waals surface area contributed by atoms with Gasteiger partial charge in [0.25, 0.3) is 5.91 Å². The van der Waals surface area contributed by atoms with Crippen LogP contribution in [0, 0.1) is 18.8 Å². The molecular formula is C15H18N2O3S. The molecule has 0 aliphatic carbocycles. The summed E-state index contributed by atoms with van der Waals surface area (Å²) in [6, 6.07) is 4.93. The predicted octanol–water partition coefficient (Wildman–Crippen LogP) is 0.222. The van der Waals surface area contributed by atoms with Crippen molar-refractivity contribution < 1.29 is 13.2 Å². The van der Waals surface area contributed by atoms with Gasteiger partial charge >= 0.3 is 0 Å². The fraction of sp³-hybridized carbons (Fsp3) is 0.400. The molecule has 1 aliphatic rings. The molecule has 0 radical (unpaired) electrons. The molecule has 21 heavy (non-hydrogen) atoms. The maximum absolute atomic E-state index is 12.2. The molecule has 1 saturated heterocycles. The molecule has 2 rings (SSSR count). The minimum atomic E-state index is -3.00. The van der Waals surface area contributed by atoms with E-state index >= 15 is 0 Å². The highest BCUT2D eigenvalue weighted by Crippen LogP contribution is 2.14. The summed E-state index contributed by atoms with van der Waals surface area (Å²) in [5, 5.41) is 2.76. The Hall–Kier alpha value is -1.84. The van der Waals surface area contributed by atoms with Crippen LogP contribution in [0.1, 0.15) is 27.9 Å². The molecule has 1 atom stereocenters. The van der Waals surface area contributed by atoms with Gasteiger partial charge in [0.2, 0.25) is 0 Å². The molecule has 0 saturated carbocycles. The smallest absolute Gasteiger partial charge is 0.251 e. The van der Waals surface area contributed by atoms with Crippen molar-refractivity contribution in [2.24, 2.45) is 5.73 Å². The minimum absolute atomic E-state index is 0.0183. The van der Waals surface area contributed by atoms with Crippen LogP contribution in [0.25, 0.3) is 0 Å². The van der Waals surface area contributed by atoms with Crippen molar-refractivity contribution >= 4 is 15.7 Å². The Morgan fingerprint density at radius 2 is 2.24 bits per heavy atom. The Kier molecular flexibility index (Phi) is 4.66. The molecule has 1 unspecified atom stereocenters. The molecule has 1 aliphatic heterocycles. The molecule has 112 valence electrons. The zero-order valence-electron chi connectivity index (χ0n) is 11.8. The number of nitrogens with two attached hydrogens (primary N) is 1. The van der Waals surface area contributed by atoms with Crippen molar-refractivity contribution in [3.05, 3.63) is 34.9 Å². The summed E-state index contributed by atoms with van der Waals surface area (Å²) in [6.45, 7) is 2.17. The normalized spacial score (nSPS) is 19.6. The van der Waals surface area contributed by atoms with Gasteiger partial charge in [-0.1, -0.05) is 17.9 Å². The van der Waals surface area contributed by atoms with Crippen LogP contribution in [-0.2, 0) is 9.84 Å². The van der Waals surface area contributed by atoms with Crippen LogP contribution in [-0.4, -0.2) is 38.4 Å². The Bertz CT molecular complexity index is 714. The van der Waals surface area contributed by atoms with Crippen LogP contribution >= 0.6 is 0 Å². The first kappa shape index (κ1) is 15.5. The van der Waals surface area contributed by atoms with Crippen molar-refractivity contribution in [2.75, 3.05) is 18.1 Å². The highest BCUT2D eigenvalue weighted by atomic mass is 32.2. The highest BCUT2D eigenvalue weighted by molar-refractivity contribution is 7.91. The van der Waals surface area contributed by atoms with Crippen LogP contribution in [0.15, 0.2) is 18.2 Å². The Morgan fingerprint density at radius 3 is 2.86 bits per heavy atom. The third-order valence-electron chi connectivity index (χ3n) is 3.39. The number of carbonyl (C=O) groups excluding carboxylic acids is 1. The third-order valence-corrected chi connectivity index (χ3v) is 5.16. The monoisotopic (exact) mass is 306 g/mol. The number of carbonyl (C=O) groups is 1. The standard InChI is InChI=1S/C15H18N2O3S/c1-11-4-5-13(9-12(11)3-2-7-16)15(18)17-14-6-8-21(19,20)10-14/h4-5,9,14H,6-8,10,16H2,1H3,(H,17,18). The second-order valence-electron chi connectivity index (χ2n) is 5.11. The van der Waals surface area contributed by atoms with E-state index in [-0.39, 0.29) is 30.0 Å². The molecule has 3 N–H and O–H groups in total. The molecule has 6 heteroatoms. The fourth-order valence-corrected chi connectivity index (χ4v) is 3.90. The van der Waals surface area contributed by atoms with Gasteiger partial charge in [-0.25, -0.2) is 8.42 Å². The first-order valence-corrected chi connectivity index (χ1v) is 8.54. The van der Waals surface area contributed by atoms with E-state index in [4.69, 9.17) is 5.73 Å². The van der Waals surface area contributed by atoms with Crippen molar-refractivity contribution in [3.8, 4) is 11.8 Å². The number of benzene rings is 1. The maximum atomic E-state index is 12.2. The van der Waals surface area contributed by atoms with E-state index in [0.717, 1.165) is 11.1 Å². The lowest BCUT2D eigenvalue weighted by Gasteiger charge is -2.11. The molecular weight excluding hydrogens is 288 g/mol. The van der Waals surface area contributed by atoms with E-state index in [9.17, 15) is 13.2 Å². The van der Waals surface area contributed by atoms with E-state index in [1.165, 1.54) is 0 Å². The molecule has 0 bridgehead atoms. The van der Waals surface area contributed by atoms with Gasteiger partial charge in [0.1, 0.15) is 0 Å². The first-order valence-electron chi connectivity index (χ1n) is 6.72. The van der Waals surface area contributed by atoms with E-state index in [0.29, 0.717) is 12.0 Å². The predicted molar refractivity (Wildman–Crippen MR) is 81.6 cm³/mol. The second-order valence-corrected chi connectivity index (χ2v) is 7.34. The highest BCUT2D eigenvalue weighted by Gasteiger charge is 2.29. The molecule has 5 nitrogen and oxygen atoms in total. The van der Waals surface area contributed by atoms with Gasteiger partial charge in [0, 0.05) is 17.2 Å². The average molecular weight is 306 g/mol. The topological polar surface area (TPSA) is 89.3 Å².